The topological polar surface area (TPSA) is 133 Å². The fraction of sp³-hybridized carbons (Fsp3) is 0.800. The molecule has 9 nitrogen and oxygen atoms in total. The van der Waals surface area contributed by atoms with Gasteiger partial charge in [-0.15, -0.1) is 30.7 Å². The summed E-state index contributed by atoms with van der Waals surface area (Å²) in [4.78, 5) is 39.2. The minimum atomic E-state index is -1.00. The van der Waals surface area contributed by atoms with E-state index in [4.69, 9.17) is 15.4 Å². The fourth-order valence-electron chi connectivity index (χ4n) is 10.8. The predicted octanol–water partition coefficient (Wildman–Crippen LogP) is 3.95. The van der Waals surface area contributed by atoms with Gasteiger partial charge in [0, 0.05) is 36.2 Å². The third-order valence-electron chi connectivity index (χ3n) is 13.2. The molecule has 10 heteroatoms. The molecule has 6 aliphatic rings. The number of ketones is 1. The summed E-state index contributed by atoms with van der Waals surface area (Å²) >= 11 is 0. The third-order valence-corrected chi connectivity index (χ3v) is 13.2. The number of carbonyl (C=O) groups is 3. The van der Waals surface area contributed by atoms with E-state index in [9.17, 15) is 19.5 Å². The zero-order valence-corrected chi connectivity index (χ0v) is 29.3. The molecule has 1 saturated carbocycles. The minimum Gasteiger partial charge on any atom is -0.656 e. The Hall–Kier alpha value is -1.30. The Bertz CT molecular complexity index is 1180. The number of nitrogens with one attached hydrogen (secondary N) is 2. The van der Waals surface area contributed by atoms with E-state index in [1.54, 1.807) is 6.08 Å². The summed E-state index contributed by atoms with van der Waals surface area (Å²) in [7, 11) is 1.35. The standard InChI is InChI=1S/C35H52N4O5.Mg/c1-8-19-15(3)22-12-24-17(5)21(10-11-28(40)41)32(38-24)30-31(35(43)44-7)34(42)29-18(6)25(39-33(29)30)14-27-20(9-2)16(4)23(37-27)13-26(19)36-22;/h8,10-11,15-27,29-33,36,39H,1,9,12-14H2,2-7H3,(H,40,41);/q-2;+2/b11-10+;/t15?,16?,17?,18?,19?,20?,21?,22?,23?,24?,25?,26?,27?,29?,30?,31-,32?,33?;/m1./s1. The maximum absolute atomic E-state index is 14.2. The smallest absolute Gasteiger partial charge is 0.656 e. The van der Waals surface area contributed by atoms with Gasteiger partial charge in [-0.3, -0.25) is 9.59 Å². The molecule has 0 spiro atoms. The number of Topliss-reactive ketones (excluding diaryl/α,β-unsaturated/α-hetero) is 1. The monoisotopic (exact) mass is 632 g/mol. The molecule has 5 heterocycles. The van der Waals surface area contributed by atoms with Crippen molar-refractivity contribution in [3.8, 4) is 0 Å². The normalized spacial score (nSPS) is 50.5. The van der Waals surface area contributed by atoms with Gasteiger partial charge in [-0.2, -0.15) is 0 Å². The summed E-state index contributed by atoms with van der Waals surface area (Å²) in [6.45, 7) is 15.5. The van der Waals surface area contributed by atoms with Crippen LogP contribution in [0, 0.1) is 59.2 Å². The van der Waals surface area contributed by atoms with Crippen LogP contribution in [0.4, 0.5) is 0 Å². The molecule has 8 bridgehead atoms. The van der Waals surface area contributed by atoms with Crippen molar-refractivity contribution in [2.45, 2.75) is 109 Å². The van der Waals surface area contributed by atoms with Gasteiger partial charge in [0.2, 0.25) is 0 Å². The second-order valence-electron chi connectivity index (χ2n) is 15.0. The maximum Gasteiger partial charge on any atom is 2.00 e. The first kappa shape index (κ1) is 35.0. The molecule has 6 fully saturated rings. The van der Waals surface area contributed by atoms with Crippen LogP contribution in [-0.2, 0) is 19.1 Å². The average Bonchev–Trinajstić information content (AvgIpc) is 3.72. The summed E-state index contributed by atoms with van der Waals surface area (Å²) in [5.41, 5.74) is 0. The number of aliphatic carboxylic acids is 1. The molecule has 5 aliphatic heterocycles. The van der Waals surface area contributed by atoms with E-state index in [0.29, 0.717) is 29.7 Å². The van der Waals surface area contributed by atoms with Crippen LogP contribution in [0.2, 0.25) is 0 Å². The number of rotatable bonds is 5. The number of carbonyl (C=O) groups excluding carboxylic acids is 2. The maximum atomic E-state index is 14.2. The molecule has 0 radical (unpaired) electrons. The fourth-order valence-corrected chi connectivity index (χ4v) is 10.8. The van der Waals surface area contributed by atoms with Gasteiger partial charge in [-0.1, -0.05) is 90.2 Å². The second kappa shape index (κ2) is 13.7. The summed E-state index contributed by atoms with van der Waals surface area (Å²) in [5.74, 6) is -1.57. The van der Waals surface area contributed by atoms with Gasteiger partial charge in [0.25, 0.3) is 0 Å². The predicted molar refractivity (Wildman–Crippen MR) is 175 cm³/mol. The Kier molecular flexibility index (Phi) is 10.6. The van der Waals surface area contributed by atoms with E-state index in [1.807, 2.05) is 0 Å². The number of esters is 1. The van der Waals surface area contributed by atoms with Gasteiger partial charge in [-0.05, 0) is 29.6 Å². The van der Waals surface area contributed by atoms with E-state index in [0.717, 1.165) is 25.7 Å². The van der Waals surface area contributed by atoms with Crippen molar-refractivity contribution in [3.63, 3.8) is 0 Å². The molecule has 18 atom stereocenters. The van der Waals surface area contributed by atoms with Gasteiger partial charge in [-0.25, -0.2) is 4.79 Å². The molecule has 5 saturated heterocycles. The molecule has 1 aliphatic carbocycles. The quantitative estimate of drug-likeness (QED) is 0.137. The Labute approximate surface area is 285 Å². The zero-order valence-electron chi connectivity index (χ0n) is 27.8. The van der Waals surface area contributed by atoms with E-state index < -0.39 is 23.8 Å². The first-order valence-corrected chi connectivity index (χ1v) is 17.1. The van der Waals surface area contributed by atoms with Crippen molar-refractivity contribution >= 4 is 40.8 Å². The van der Waals surface area contributed by atoms with Crippen LogP contribution in [-0.4, -0.2) is 101 Å². The van der Waals surface area contributed by atoms with Crippen LogP contribution in [0.25, 0.3) is 10.6 Å². The number of hydrogen-bond acceptors (Lipinski definition) is 6. The molecule has 244 valence electrons. The van der Waals surface area contributed by atoms with Crippen molar-refractivity contribution in [1.82, 2.24) is 10.6 Å². The average molecular weight is 633 g/mol. The van der Waals surface area contributed by atoms with Crippen molar-refractivity contribution in [2.75, 3.05) is 7.11 Å². The third kappa shape index (κ3) is 5.88. The van der Waals surface area contributed by atoms with Crippen LogP contribution in [0.1, 0.15) is 60.3 Å². The van der Waals surface area contributed by atoms with Crippen LogP contribution in [0.15, 0.2) is 24.8 Å². The SMILES string of the molecule is C=CC1C2CC3[N-]C(CC4NC5C(C(=O)[C@H](C(=O)OC)C5C5[N-]C(CC(N2)C1C)C(C)C5/C=C/C(=O)O)C4C)C(CC)C3C.[Mg+2]. The number of ether oxygens (including phenoxy) is 1. The first-order valence-electron chi connectivity index (χ1n) is 17.1. The van der Waals surface area contributed by atoms with Gasteiger partial charge in [0.15, 0.2) is 5.78 Å². The molecule has 17 unspecified atom stereocenters. The Morgan fingerprint density at radius 1 is 0.933 bits per heavy atom. The van der Waals surface area contributed by atoms with E-state index >= 15 is 0 Å². The number of fused-ring (bicyclic) bond motifs is 8. The Morgan fingerprint density at radius 2 is 1.58 bits per heavy atom. The number of hydrogen-bond donors (Lipinski definition) is 3. The van der Waals surface area contributed by atoms with Crippen molar-refractivity contribution in [3.05, 3.63) is 35.4 Å². The molecular formula is C35H52MgN4O5. The summed E-state index contributed by atoms with van der Waals surface area (Å²) < 4.78 is 5.24. The molecule has 0 aromatic rings. The summed E-state index contributed by atoms with van der Waals surface area (Å²) in [5, 5.41) is 28.4. The largest absolute Gasteiger partial charge is 2.00 e. The molecule has 3 N–H and O–H groups in total. The zero-order chi connectivity index (χ0) is 31.6. The van der Waals surface area contributed by atoms with Gasteiger partial charge in [0.05, 0.1) is 7.11 Å². The molecular weight excluding hydrogens is 581 g/mol. The molecule has 45 heavy (non-hydrogen) atoms. The number of nitrogens with zero attached hydrogens (tertiary/aromatic N) is 2. The number of carboxylic acids is 1. The van der Waals surface area contributed by atoms with Crippen LogP contribution < -0.4 is 10.6 Å². The van der Waals surface area contributed by atoms with Crippen LogP contribution in [0.5, 0.6) is 0 Å². The molecule has 6 rings (SSSR count). The van der Waals surface area contributed by atoms with Gasteiger partial charge in [0.1, 0.15) is 5.92 Å². The van der Waals surface area contributed by atoms with Crippen molar-refractivity contribution in [2.24, 2.45) is 59.2 Å². The van der Waals surface area contributed by atoms with E-state index in [-0.39, 0.29) is 94.8 Å². The van der Waals surface area contributed by atoms with Gasteiger partial charge >= 0.3 is 35.0 Å². The van der Waals surface area contributed by atoms with Crippen LogP contribution in [0.3, 0.4) is 0 Å². The van der Waals surface area contributed by atoms with Crippen molar-refractivity contribution < 1.29 is 24.2 Å². The van der Waals surface area contributed by atoms with Crippen LogP contribution >= 0.6 is 0 Å². The molecule has 0 aromatic heterocycles. The summed E-state index contributed by atoms with van der Waals surface area (Å²) in [6, 6.07) is 0.518. The second-order valence-corrected chi connectivity index (χ2v) is 15.0. The summed E-state index contributed by atoms with van der Waals surface area (Å²) in [6.07, 6.45) is 8.87. The first-order chi connectivity index (χ1) is 21.0. The number of methoxy groups -OCH3 is 1. The number of carboxylic acid groups (broad SMARTS) is 1. The van der Waals surface area contributed by atoms with E-state index in [1.165, 1.54) is 13.2 Å². The minimum absolute atomic E-state index is 0. The Balaban J connectivity index is 0.00000400. The van der Waals surface area contributed by atoms with Gasteiger partial charge < -0.3 is 31.1 Å². The molecule has 0 aromatic carbocycles. The van der Waals surface area contributed by atoms with Crippen molar-refractivity contribution in [1.29, 1.82) is 0 Å². The Morgan fingerprint density at radius 3 is 2.22 bits per heavy atom. The molecule has 0 amide bonds. The van der Waals surface area contributed by atoms with E-state index in [2.05, 4.69) is 57.9 Å².